The summed E-state index contributed by atoms with van der Waals surface area (Å²) in [5.41, 5.74) is 0. The van der Waals surface area contributed by atoms with Gasteiger partial charge in [0.05, 0.1) is 0 Å². The van der Waals surface area contributed by atoms with Crippen LogP contribution in [0, 0.1) is 5.92 Å². The molecule has 3 heteroatoms. The van der Waals surface area contributed by atoms with E-state index in [-0.39, 0.29) is 12.0 Å². The van der Waals surface area contributed by atoms with Gasteiger partial charge in [-0.15, -0.1) is 0 Å². The maximum Gasteiger partial charge on any atom is 0.320 e. The average molecular weight is 159 g/mol. The Hall–Kier alpha value is -0.570. The molecular formula is C8H17NO2. The summed E-state index contributed by atoms with van der Waals surface area (Å²) in [5, 5.41) is 11.7. The van der Waals surface area contributed by atoms with Crippen molar-refractivity contribution < 1.29 is 9.90 Å². The van der Waals surface area contributed by atoms with Crippen molar-refractivity contribution >= 4 is 5.97 Å². The molecule has 0 aliphatic carbocycles. The van der Waals surface area contributed by atoms with E-state index in [1.165, 1.54) is 0 Å². The lowest BCUT2D eigenvalue weighted by Crippen LogP contribution is -2.44. The molecule has 11 heavy (non-hydrogen) atoms. The molecule has 0 rings (SSSR count). The van der Waals surface area contributed by atoms with Gasteiger partial charge in [0.25, 0.3) is 0 Å². The fraction of sp³-hybridized carbons (Fsp3) is 0.875. The van der Waals surface area contributed by atoms with Crippen molar-refractivity contribution in [3.05, 3.63) is 0 Å². The molecule has 0 bridgehead atoms. The Morgan fingerprint density at radius 2 is 1.73 bits per heavy atom. The fourth-order valence-electron chi connectivity index (χ4n) is 0.908. The summed E-state index contributed by atoms with van der Waals surface area (Å²) in [6.07, 6.45) is 0. The van der Waals surface area contributed by atoms with Gasteiger partial charge in [0, 0.05) is 6.04 Å². The van der Waals surface area contributed by atoms with Crippen LogP contribution in [0.15, 0.2) is 0 Å². The van der Waals surface area contributed by atoms with Gasteiger partial charge < -0.3 is 10.4 Å². The molecule has 0 radical (unpaired) electrons. The number of aliphatic carboxylic acids is 1. The average Bonchev–Trinajstić information content (AvgIpc) is 1.81. The van der Waals surface area contributed by atoms with E-state index in [9.17, 15) is 4.79 Å². The van der Waals surface area contributed by atoms with Crippen LogP contribution in [-0.2, 0) is 4.79 Å². The standard InChI is InChI=1S/C8H17NO2/c1-5(2)7(8(10)11)9-6(3)4/h5-7,9H,1-4H3,(H,10,11)/t7-/m0/s1. The monoisotopic (exact) mass is 159 g/mol. The molecule has 0 unspecified atom stereocenters. The van der Waals surface area contributed by atoms with Crippen LogP contribution in [0.4, 0.5) is 0 Å². The minimum atomic E-state index is -0.770. The highest BCUT2D eigenvalue weighted by atomic mass is 16.4. The number of carboxylic acids is 1. The molecule has 0 aromatic carbocycles. The summed E-state index contributed by atoms with van der Waals surface area (Å²) in [5.74, 6) is -0.636. The van der Waals surface area contributed by atoms with Gasteiger partial charge in [0.15, 0.2) is 0 Å². The fourth-order valence-corrected chi connectivity index (χ4v) is 0.908. The zero-order valence-electron chi connectivity index (χ0n) is 7.59. The first-order valence-corrected chi connectivity index (χ1v) is 3.94. The summed E-state index contributed by atoms with van der Waals surface area (Å²) in [6, 6.07) is -0.200. The molecule has 0 amide bonds. The Labute approximate surface area is 67.8 Å². The molecule has 0 fully saturated rings. The Bertz CT molecular complexity index is 132. The van der Waals surface area contributed by atoms with Crippen LogP contribution in [0.3, 0.4) is 0 Å². The predicted molar refractivity (Wildman–Crippen MR) is 44.5 cm³/mol. The van der Waals surface area contributed by atoms with Crippen LogP contribution in [0.2, 0.25) is 0 Å². The second kappa shape index (κ2) is 4.34. The van der Waals surface area contributed by atoms with Crippen LogP contribution >= 0.6 is 0 Å². The Morgan fingerprint density at radius 3 is 1.82 bits per heavy atom. The third-order valence-corrected chi connectivity index (χ3v) is 1.45. The number of nitrogens with one attached hydrogen (secondary N) is 1. The molecule has 0 spiro atoms. The number of hydrogen-bond acceptors (Lipinski definition) is 2. The van der Waals surface area contributed by atoms with Gasteiger partial charge in [0.1, 0.15) is 6.04 Å². The maximum absolute atomic E-state index is 10.6. The number of hydrogen-bond donors (Lipinski definition) is 2. The molecule has 0 aliphatic heterocycles. The molecule has 0 aromatic heterocycles. The highest BCUT2D eigenvalue weighted by Crippen LogP contribution is 2.02. The number of carbonyl (C=O) groups is 1. The zero-order chi connectivity index (χ0) is 9.02. The van der Waals surface area contributed by atoms with Crippen LogP contribution < -0.4 is 5.32 Å². The van der Waals surface area contributed by atoms with Gasteiger partial charge in [0.2, 0.25) is 0 Å². The summed E-state index contributed by atoms with van der Waals surface area (Å²) in [4.78, 5) is 10.6. The van der Waals surface area contributed by atoms with E-state index in [4.69, 9.17) is 5.11 Å². The van der Waals surface area contributed by atoms with E-state index in [0.717, 1.165) is 0 Å². The van der Waals surface area contributed by atoms with Gasteiger partial charge in [-0.05, 0) is 5.92 Å². The molecule has 3 nitrogen and oxygen atoms in total. The van der Waals surface area contributed by atoms with Crippen LogP contribution in [0.5, 0.6) is 0 Å². The summed E-state index contributed by atoms with van der Waals surface area (Å²) >= 11 is 0. The SMILES string of the molecule is CC(C)N[C@H](C(=O)O)C(C)C. The highest BCUT2D eigenvalue weighted by Gasteiger charge is 2.21. The summed E-state index contributed by atoms with van der Waals surface area (Å²) < 4.78 is 0. The predicted octanol–water partition coefficient (Wildman–Crippen LogP) is 1.09. The van der Waals surface area contributed by atoms with Gasteiger partial charge in [-0.25, -0.2) is 0 Å². The molecule has 0 saturated heterocycles. The zero-order valence-corrected chi connectivity index (χ0v) is 7.59. The van der Waals surface area contributed by atoms with Gasteiger partial charge in [-0.2, -0.15) is 0 Å². The lowest BCUT2D eigenvalue weighted by atomic mass is 10.0. The third-order valence-electron chi connectivity index (χ3n) is 1.45. The number of carboxylic acid groups (broad SMARTS) is 1. The number of rotatable bonds is 4. The van der Waals surface area contributed by atoms with E-state index in [0.29, 0.717) is 0 Å². The van der Waals surface area contributed by atoms with Gasteiger partial charge in [-0.3, -0.25) is 4.79 Å². The molecule has 66 valence electrons. The molecular weight excluding hydrogens is 142 g/mol. The van der Waals surface area contributed by atoms with Crippen molar-refractivity contribution in [2.45, 2.75) is 39.8 Å². The highest BCUT2D eigenvalue weighted by molar-refractivity contribution is 5.73. The third kappa shape index (κ3) is 3.98. The van der Waals surface area contributed by atoms with Crippen LogP contribution in [0.25, 0.3) is 0 Å². The van der Waals surface area contributed by atoms with Crippen molar-refractivity contribution in [3.63, 3.8) is 0 Å². The topological polar surface area (TPSA) is 49.3 Å². The van der Waals surface area contributed by atoms with E-state index < -0.39 is 12.0 Å². The Kier molecular flexibility index (Phi) is 4.11. The van der Waals surface area contributed by atoms with Gasteiger partial charge in [-0.1, -0.05) is 27.7 Å². The molecule has 0 saturated carbocycles. The first kappa shape index (κ1) is 10.4. The summed E-state index contributed by atoms with van der Waals surface area (Å²) in [6.45, 7) is 7.68. The minimum Gasteiger partial charge on any atom is -0.480 e. The van der Waals surface area contributed by atoms with E-state index in [1.54, 1.807) is 0 Å². The van der Waals surface area contributed by atoms with E-state index >= 15 is 0 Å². The summed E-state index contributed by atoms with van der Waals surface area (Å²) in [7, 11) is 0. The van der Waals surface area contributed by atoms with Crippen molar-refractivity contribution in [2.75, 3.05) is 0 Å². The molecule has 0 aromatic rings. The quantitative estimate of drug-likeness (QED) is 0.645. The van der Waals surface area contributed by atoms with Gasteiger partial charge >= 0.3 is 5.97 Å². The smallest absolute Gasteiger partial charge is 0.320 e. The molecule has 1 atom stereocenters. The Balaban J connectivity index is 4.01. The van der Waals surface area contributed by atoms with Crippen molar-refractivity contribution in [1.29, 1.82) is 0 Å². The lowest BCUT2D eigenvalue weighted by molar-refractivity contribution is -0.140. The largest absolute Gasteiger partial charge is 0.480 e. The van der Waals surface area contributed by atoms with E-state index in [1.807, 2.05) is 27.7 Å². The Morgan fingerprint density at radius 1 is 1.27 bits per heavy atom. The molecule has 2 N–H and O–H groups in total. The van der Waals surface area contributed by atoms with Crippen molar-refractivity contribution in [3.8, 4) is 0 Å². The van der Waals surface area contributed by atoms with Crippen molar-refractivity contribution in [2.24, 2.45) is 5.92 Å². The lowest BCUT2D eigenvalue weighted by Gasteiger charge is -2.20. The first-order chi connectivity index (χ1) is 4.95. The first-order valence-electron chi connectivity index (χ1n) is 3.94. The second-order valence-electron chi connectivity index (χ2n) is 3.38. The van der Waals surface area contributed by atoms with Crippen LogP contribution in [-0.4, -0.2) is 23.2 Å². The van der Waals surface area contributed by atoms with Crippen LogP contribution in [0.1, 0.15) is 27.7 Å². The normalized spacial score (nSPS) is 14.0. The van der Waals surface area contributed by atoms with E-state index in [2.05, 4.69) is 5.32 Å². The molecule has 0 aliphatic rings. The molecule has 0 heterocycles. The maximum atomic E-state index is 10.6. The van der Waals surface area contributed by atoms with Crippen molar-refractivity contribution in [1.82, 2.24) is 5.32 Å². The second-order valence-corrected chi connectivity index (χ2v) is 3.38. The minimum absolute atomic E-state index is 0.134.